The molecule has 4 nitrogen and oxygen atoms in total. The number of aryl methyl sites for hydroxylation is 1. The molecule has 0 unspecified atom stereocenters. The first-order chi connectivity index (χ1) is 11.7. The zero-order chi connectivity index (χ0) is 16.4. The van der Waals surface area contributed by atoms with Gasteiger partial charge in [0.1, 0.15) is 0 Å². The van der Waals surface area contributed by atoms with Crippen LogP contribution in [0.4, 0.5) is 0 Å². The molecule has 2 aliphatic heterocycles. The highest BCUT2D eigenvalue weighted by atomic mass is 16.5. The first kappa shape index (κ1) is 16.5. The van der Waals surface area contributed by atoms with E-state index in [0.29, 0.717) is 6.10 Å². The number of fused-ring (bicyclic) bond motifs is 1. The largest absolute Gasteiger partial charge is 0.380 e. The predicted molar refractivity (Wildman–Crippen MR) is 93.8 cm³/mol. The molecule has 0 bridgehead atoms. The molecule has 3 heterocycles. The molecule has 4 heteroatoms. The number of nitrogens with zero attached hydrogens (tertiary/aromatic N) is 2. The van der Waals surface area contributed by atoms with Crippen molar-refractivity contribution in [2.75, 3.05) is 32.9 Å². The number of pyridine rings is 1. The summed E-state index contributed by atoms with van der Waals surface area (Å²) >= 11 is 0. The number of piperidine rings is 1. The van der Waals surface area contributed by atoms with Crippen molar-refractivity contribution in [3.8, 4) is 0 Å². The molecule has 1 saturated carbocycles. The molecule has 3 fully saturated rings. The van der Waals surface area contributed by atoms with E-state index in [0.717, 1.165) is 57.5 Å². The van der Waals surface area contributed by atoms with Crippen LogP contribution in [0.3, 0.4) is 0 Å². The highest BCUT2D eigenvalue weighted by molar-refractivity contribution is 5.10. The Morgan fingerprint density at radius 1 is 1.33 bits per heavy atom. The predicted octanol–water partition coefficient (Wildman–Crippen LogP) is 3.19. The molecule has 1 aliphatic carbocycles. The van der Waals surface area contributed by atoms with Gasteiger partial charge in [0, 0.05) is 44.0 Å². The van der Waals surface area contributed by atoms with Crippen LogP contribution >= 0.6 is 0 Å². The van der Waals surface area contributed by atoms with Gasteiger partial charge in [-0.2, -0.15) is 0 Å². The lowest BCUT2D eigenvalue weighted by molar-refractivity contribution is -0.154. The summed E-state index contributed by atoms with van der Waals surface area (Å²) in [5.74, 6) is 0.834. The van der Waals surface area contributed by atoms with E-state index in [9.17, 15) is 0 Å². The maximum atomic E-state index is 6.15. The van der Waals surface area contributed by atoms with Crippen molar-refractivity contribution >= 4 is 0 Å². The summed E-state index contributed by atoms with van der Waals surface area (Å²) < 4.78 is 12.3. The van der Waals surface area contributed by atoms with Gasteiger partial charge in [0.25, 0.3) is 0 Å². The first-order valence-electron chi connectivity index (χ1n) is 9.58. The highest BCUT2D eigenvalue weighted by Gasteiger charge is 2.46. The van der Waals surface area contributed by atoms with E-state index in [1.807, 2.05) is 0 Å². The van der Waals surface area contributed by atoms with E-state index in [4.69, 9.17) is 9.47 Å². The van der Waals surface area contributed by atoms with Gasteiger partial charge in [0.15, 0.2) is 0 Å². The smallest absolute Gasteiger partial charge is 0.0677 e. The fourth-order valence-electron chi connectivity index (χ4n) is 4.36. The van der Waals surface area contributed by atoms with Crippen LogP contribution < -0.4 is 0 Å². The Morgan fingerprint density at radius 2 is 2.25 bits per heavy atom. The first-order valence-corrected chi connectivity index (χ1v) is 9.58. The summed E-state index contributed by atoms with van der Waals surface area (Å²) in [4.78, 5) is 7.25. The summed E-state index contributed by atoms with van der Waals surface area (Å²) in [7, 11) is 0. The van der Waals surface area contributed by atoms with E-state index in [-0.39, 0.29) is 5.41 Å². The number of aromatic nitrogens is 1. The van der Waals surface area contributed by atoms with Gasteiger partial charge in [-0.25, -0.2) is 0 Å². The normalized spacial score (nSPS) is 31.0. The SMILES string of the molecule is Cc1cccc(CN2CC[C@H]3OCCC[C@]3(COCC3CC3)C2)n1. The topological polar surface area (TPSA) is 34.6 Å². The average Bonchev–Trinajstić information content (AvgIpc) is 3.39. The second kappa shape index (κ2) is 7.11. The van der Waals surface area contributed by atoms with Crippen molar-refractivity contribution < 1.29 is 9.47 Å². The zero-order valence-electron chi connectivity index (χ0n) is 14.9. The lowest BCUT2D eigenvalue weighted by Crippen LogP contribution is -2.56. The Balaban J connectivity index is 1.41. The van der Waals surface area contributed by atoms with Gasteiger partial charge in [0.2, 0.25) is 0 Å². The molecule has 2 saturated heterocycles. The fraction of sp³-hybridized carbons (Fsp3) is 0.750. The van der Waals surface area contributed by atoms with Crippen molar-refractivity contribution in [3.63, 3.8) is 0 Å². The van der Waals surface area contributed by atoms with Gasteiger partial charge < -0.3 is 9.47 Å². The third kappa shape index (κ3) is 3.81. The lowest BCUT2D eigenvalue weighted by Gasteiger charge is -2.50. The molecule has 4 rings (SSSR count). The van der Waals surface area contributed by atoms with Crippen molar-refractivity contribution in [2.24, 2.45) is 11.3 Å². The zero-order valence-corrected chi connectivity index (χ0v) is 14.9. The van der Waals surface area contributed by atoms with Crippen LogP contribution in [0.25, 0.3) is 0 Å². The summed E-state index contributed by atoms with van der Waals surface area (Å²) in [6, 6.07) is 6.33. The van der Waals surface area contributed by atoms with Gasteiger partial charge >= 0.3 is 0 Å². The Kier molecular flexibility index (Phi) is 4.88. The standard InChI is InChI=1S/C20H30N2O2/c1-16-4-2-5-18(21-16)12-22-10-8-19-20(14-22,9-3-11-24-19)15-23-13-17-6-7-17/h2,4-5,17,19H,3,6-15H2,1H3/t19-,20-/m1/s1. The second-order valence-corrected chi connectivity index (χ2v) is 8.05. The van der Waals surface area contributed by atoms with Crippen LogP contribution in [0.1, 0.15) is 43.5 Å². The Morgan fingerprint density at radius 3 is 3.08 bits per heavy atom. The molecule has 0 N–H and O–H groups in total. The maximum Gasteiger partial charge on any atom is 0.0677 e. The van der Waals surface area contributed by atoms with E-state index >= 15 is 0 Å². The van der Waals surface area contributed by atoms with Crippen LogP contribution in [-0.4, -0.2) is 48.9 Å². The molecular weight excluding hydrogens is 300 g/mol. The highest BCUT2D eigenvalue weighted by Crippen LogP contribution is 2.41. The number of ether oxygens (including phenoxy) is 2. The van der Waals surface area contributed by atoms with Gasteiger partial charge in [-0.3, -0.25) is 9.88 Å². The van der Waals surface area contributed by atoms with Crippen LogP contribution in [0.2, 0.25) is 0 Å². The Labute approximate surface area is 145 Å². The average molecular weight is 330 g/mol. The third-order valence-electron chi connectivity index (χ3n) is 5.84. The molecule has 3 aliphatic rings. The number of hydrogen-bond donors (Lipinski definition) is 0. The summed E-state index contributed by atoms with van der Waals surface area (Å²) in [6.45, 7) is 7.94. The maximum absolute atomic E-state index is 6.15. The van der Waals surface area contributed by atoms with Gasteiger partial charge in [0.05, 0.1) is 18.4 Å². The molecule has 0 aromatic carbocycles. The van der Waals surface area contributed by atoms with Crippen LogP contribution in [0, 0.1) is 18.3 Å². The molecular formula is C20H30N2O2. The van der Waals surface area contributed by atoms with E-state index in [2.05, 4.69) is 35.0 Å². The summed E-state index contributed by atoms with van der Waals surface area (Å²) in [5, 5.41) is 0. The molecule has 0 spiro atoms. The quantitative estimate of drug-likeness (QED) is 0.802. The van der Waals surface area contributed by atoms with Crippen LogP contribution in [0.5, 0.6) is 0 Å². The fourth-order valence-corrected chi connectivity index (χ4v) is 4.36. The second-order valence-electron chi connectivity index (χ2n) is 8.05. The number of rotatable bonds is 6. The summed E-state index contributed by atoms with van der Waals surface area (Å²) in [6.07, 6.45) is 6.63. The molecule has 2 atom stereocenters. The van der Waals surface area contributed by atoms with Gasteiger partial charge in [-0.1, -0.05) is 6.07 Å². The van der Waals surface area contributed by atoms with Crippen molar-refractivity contribution in [3.05, 3.63) is 29.6 Å². The van der Waals surface area contributed by atoms with E-state index in [1.54, 1.807) is 0 Å². The Hall–Kier alpha value is -0.970. The van der Waals surface area contributed by atoms with Crippen LogP contribution in [0.15, 0.2) is 18.2 Å². The number of likely N-dealkylation sites (tertiary alicyclic amines) is 1. The van der Waals surface area contributed by atoms with Crippen LogP contribution in [-0.2, 0) is 16.0 Å². The number of hydrogen-bond acceptors (Lipinski definition) is 4. The molecule has 1 aromatic rings. The van der Waals surface area contributed by atoms with E-state index < -0.39 is 0 Å². The molecule has 1 aromatic heterocycles. The van der Waals surface area contributed by atoms with Gasteiger partial charge in [-0.05, 0) is 57.1 Å². The molecule has 0 amide bonds. The van der Waals surface area contributed by atoms with Gasteiger partial charge in [-0.15, -0.1) is 0 Å². The summed E-state index contributed by atoms with van der Waals surface area (Å²) in [5.41, 5.74) is 2.47. The molecule has 24 heavy (non-hydrogen) atoms. The molecule has 132 valence electrons. The minimum Gasteiger partial charge on any atom is -0.380 e. The Bertz CT molecular complexity index is 560. The third-order valence-corrected chi connectivity index (χ3v) is 5.84. The van der Waals surface area contributed by atoms with E-state index in [1.165, 1.54) is 31.4 Å². The molecule has 0 radical (unpaired) electrons. The minimum absolute atomic E-state index is 0.190. The monoisotopic (exact) mass is 330 g/mol. The van der Waals surface area contributed by atoms with Crippen molar-refractivity contribution in [1.29, 1.82) is 0 Å². The minimum atomic E-state index is 0.190. The lowest BCUT2D eigenvalue weighted by atomic mass is 9.73. The van der Waals surface area contributed by atoms with Crippen molar-refractivity contribution in [1.82, 2.24) is 9.88 Å². The van der Waals surface area contributed by atoms with Crippen molar-refractivity contribution in [2.45, 2.75) is 51.7 Å².